The van der Waals surface area contributed by atoms with Crippen LogP contribution >= 0.6 is 0 Å². The van der Waals surface area contributed by atoms with Crippen molar-refractivity contribution in [3.05, 3.63) is 29.6 Å². The Morgan fingerprint density at radius 1 is 1.38 bits per heavy atom. The first kappa shape index (κ1) is 8.54. The van der Waals surface area contributed by atoms with E-state index in [1.54, 1.807) is 12.1 Å². The van der Waals surface area contributed by atoms with Crippen molar-refractivity contribution in [3.63, 3.8) is 0 Å². The highest BCUT2D eigenvalue weighted by atomic mass is 19.1. The lowest BCUT2D eigenvalue weighted by Crippen LogP contribution is -2.24. The Hall–Kier alpha value is -1.05. The maximum absolute atomic E-state index is 13.0. The molecule has 0 radical (unpaired) electrons. The number of hydrogen-bond acceptors (Lipinski definition) is 1. The summed E-state index contributed by atoms with van der Waals surface area (Å²) in [6.45, 7) is 5.34. The Labute approximate surface area is 78.2 Å². The van der Waals surface area contributed by atoms with Crippen molar-refractivity contribution in [1.29, 1.82) is 0 Å². The topological polar surface area (TPSA) is 3.24 Å². The molecular formula is C11H14FN. The van der Waals surface area contributed by atoms with Gasteiger partial charge in [0.2, 0.25) is 0 Å². The first-order chi connectivity index (χ1) is 6.00. The van der Waals surface area contributed by atoms with Gasteiger partial charge in [0.25, 0.3) is 0 Å². The number of likely N-dealkylation sites (N-methyl/N-ethyl adjacent to an activating group) is 1. The molecule has 70 valence electrons. The largest absolute Gasteiger partial charge is 0.373 e. The maximum Gasteiger partial charge on any atom is 0.125 e. The highest BCUT2D eigenvalue weighted by molar-refractivity contribution is 5.61. The van der Waals surface area contributed by atoms with E-state index in [0.717, 1.165) is 12.2 Å². The minimum atomic E-state index is -0.150. The van der Waals surface area contributed by atoms with Gasteiger partial charge in [0, 0.05) is 24.7 Å². The molecule has 1 nitrogen and oxygen atoms in total. The lowest BCUT2D eigenvalue weighted by Gasteiger charge is -2.18. The van der Waals surface area contributed by atoms with Gasteiger partial charge in [0.15, 0.2) is 0 Å². The van der Waals surface area contributed by atoms with Gasteiger partial charge in [-0.3, -0.25) is 0 Å². The summed E-state index contributed by atoms with van der Waals surface area (Å²) in [6.07, 6.45) is 0. The van der Waals surface area contributed by atoms with Gasteiger partial charge >= 0.3 is 0 Å². The molecule has 0 atom stereocenters. The highest BCUT2D eigenvalue weighted by Gasteiger charge is 2.33. The second-order valence-electron chi connectivity index (χ2n) is 4.40. The van der Waals surface area contributed by atoms with Gasteiger partial charge in [-0.1, -0.05) is 19.9 Å². The van der Waals surface area contributed by atoms with E-state index in [9.17, 15) is 4.39 Å². The molecule has 1 aliphatic heterocycles. The summed E-state index contributed by atoms with van der Waals surface area (Å²) < 4.78 is 13.0. The van der Waals surface area contributed by atoms with Gasteiger partial charge in [-0.05, 0) is 17.7 Å². The molecule has 0 saturated heterocycles. The van der Waals surface area contributed by atoms with Crippen LogP contribution in [-0.4, -0.2) is 13.6 Å². The molecule has 2 rings (SSSR count). The van der Waals surface area contributed by atoms with Crippen molar-refractivity contribution in [2.24, 2.45) is 0 Å². The lowest BCUT2D eigenvalue weighted by molar-refractivity contribution is 0.562. The fourth-order valence-corrected chi connectivity index (χ4v) is 2.16. The van der Waals surface area contributed by atoms with Crippen LogP contribution in [0.4, 0.5) is 10.1 Å². The smallest absolute Gasteiger partial charge is 0.125 e. The first-order valence-electron chi connectivity index (χ1n) is 4.52. The Kier molecular flexibility index (Phi) is 1.62. The monoisotopic (exact) mass is 179 g/mol. The van der Waals surface area contributed by atoms with E-state index in [2.05, 4.69) is 18.7 Å². The van der Waals surface area contributed by atoms with Crippen LogP contribution in [0.2, 0.25) is 0 Å². The molecule has 0 saturated carbocycles. The summed E-state index contributed by atoms with van der Waals surface area (Å²) >= 11 is 0. The zero-order valence-electron chi connectivity index (χ0n) is 8.26. The maximum atomic E-state index is 13.0. The summed E-state index contributed by atoms with van der Waals surface area (Å²) in [5.74, 6) is -0.150. The molecule has 0 fully saturated rings. The molecule has 1 aromatic rings. The van der Waals surface area contributed by atoms with Crippen molar-refractivity contribution in [2.75, 3.05) is 18.5 Å². The number of anilines is 1. The Morgan fingerprint density at radius 3 is 2.77 bits per heavy atom. The fraction of sp³-hybridized carbons (Fsp3) is 0.455. The van der Waals surface area contributed by atoms with Gasteiger partial charge in [-0.15, -0.1) is 0 Å². The molecule has 0 aliphatic carbocycles. The van der Waals surface area contributed by atoms with Gasteiger partial charge in [-0.2, -0.15) is 0 Å². The lowest BCUT2D eigenvalue weighted by atomic mass is 9.87. The van der Waals surface area contributed by atoms with Gasteiger partial charge < -0.3 is 4.90 Å². The average Bonchev–Trinajstić information content (AvgIpc) is 2.22. The summed E-state index contributed by atoms with van der Waals surface area (Å²) in [5, 5.41) is 0. The van der Waals surface area contributed by atoms with Crippen LogP contribution in [0.15, 0.2) is 18.2 Å². The van der Waals surface area contributed by atoms with Crippen molar-refractivity contribution < 1.29 is 4.39 Å². The summed E-state index contributed by atoms with van der Waals surface area (Å²) in [6, 6.07) is 5.05. The molecule has 13 heavy (non-hydrogen) atoms. The van der Waals surface area contributed by atoms with Crippen LogP contribution in [0.1, 0.15) is 19.4 Å². The number of hydrogen-bond donors (Lipinski definition) is 0. The second kappa shape index (κ2) is 2.47. The SMILES string of the molecule is CN1CC(C)(C)c2ccc(F)cc21. The number of benzene rings is 1. The number of rotatable bonds is 0. The van der Waals surface area contributed by atoms with Gasteiger partial charge in [0.1, 0.15) is 5.82 Å². The molecule has 0 aromatic heterocycles. The van der Waals surface area contributed by atoms with E-state index in [1.165, 1.54) is 5.56 Å². The predicted molar refractivity (Wildman–Crippen MR) is 52.7 cm³/mol. The van der Waals surface area contributed by atoms with Crippen molar-refractivity contribution >= 4 is 5.69 Å². The standard InChI is InChI=1S/C11H14FN/c1-11(2)7-13(3)10-6-8(12)4-5-9(10)11/h4-6H,7H2,1-3H3. The van der Waals surface area contributed by atoms with Crippen LogP contribution in [0.5, 0.6) is 0 Å². The van der Waals surface area contributed by atoms with E-state index in [1.807, 2.05) is 13.1 Å². The van der Waals surface area contributed by atoms with Crippen molar-refractivity contribution in [2.45, 2.75) is 19.3 Å². The van der Waals surface area contributed by atoms with E-state index in [-0.39, 0.29) is 11.2 Å². The van der Waals surface area contributed by atoms with Crippen molar-refractivity contribution in [1.82, 2.24) is 0 Å². The third-order valence-corrected chi connectivity index (χ3v) is 2.73. The van der Waals surface area contributed by atoms with Gasteiger partial charge in [0.05, 0.1) is 0 Å². The van der Waals surface area contributed by atoms with Crippen molar-refractivity contribution in [3.8, 4) is 0 Å². The molecule has 1 heterocycles. The predicted octanol–water partition coefficient (Wildman–Crippen LogP) is 2.55. The Bertz CT molecular complexity index is 344. The number of halogens is 1. The molecule has 0 N–H and O–H groups in total. The van der Waals surface area contributed by atoms with Crippen LogP contribution in [0.3, 0.4) is 0 Å². The summed E-state index contributed by atoms with van der Waals surface area (Å²) in [7, 11) is 2.01. The van der Waals surface area contributed by atoms with E-state index >= 15 is 0 Å². The normalized spacial score (nSPS) is 18.9. The molecule has 0 bridgehead atoms. The van der Waals surface area contributed by atoms with E-state index in [0.29, 0.717) is 0 Å². The minimum absolute atomic E-state index is 0.150. The average molecular weight is 179 g/mol. The number of fused-ring (bicyclic) bond motifs is 1. The van der Waals surface area contributed by atoms with Crippen LogP contribution < -0.4 is 4.90 Å². The number of nitrogens with zero attached hydrogens (tertiary/aromatic N) is 1. The first-order valence-corrected chi connectivity index (χ1v) is 4.52. The molecule has 0 unspecified atom stereocenters. The highest BCUT2D eigenvalue weighted by Crippen LogP contribution is 2.39. The van der Waals surface area contributed by atoms with Crippen LogP contribution in [-0.2, 0) is 5.41 Å². The molecule has 1 aliphatic rings. The van der Waals surface area contributed by atoms with E-state index in [4.69, 9.17) is 0 Å². The van der Waals surface area contributed by atoms with E-state index < -0.39 is 0 Å². The second-order valence-corrected chi connectivity index (χ2v) is 4.40. The molecule has 0 amide bonds. The zero-order chi connectivity index (χ0) is 9.64. The molecular weight excluding hydrogens is 165 g/mol. The Balaban J connectivity index is 2.59. The molecule has 1 aromatic carbocycles. The van der Waals surface area contributed by atoms with Crippen LogP contribution in [0.25, 0.3) is 0 Å². The minimum Gasteiger partial charge on any atom is -0.373 e. The van der Waals surface area contributed by atoms with Gasteiger partial charge in [-0.25, -0.2) is 4.39 Å². The third-order valence-electron chi connectivity index (χ3n) is 2.73. The van der Waals surface area contributed by atoms with Crippen LogP contribution in [0, 0.1) is 5.82 Å². The quantitative estimate of drug-likeness (QED) is 0.591. The fourth-order valence-electron chi connectivity index (χ4n) is 2.16. The summed E-state index contributed by atoms with van der Waals surface area (Å²) in [5.41, 5.74) is 2.43. The Morgan fingerprint density at radius 2 is 2.08 bits per heavy atom. The molecule has 2 heteroatoms. The molecule has 0 spiro atoms. The summed E-state index contributed by atoms with van der Waals surface area (Å²) in [4.78, 5) is 2.11. The zero-order valence-corrected chi connectivity index (χ0v) is 8.26. The third kappa shape index (κ3) is 1.21.